The first-order chi connectivity index (χ1) is 11.9. The third-order valence-corrected chi connectivity index (χ3v) is 3.89. The van der Waals surface area contributed by atoms with Gasteiger partial charge in [0.1, 0.15) is 18.6 Å². The van der Waals surface area contributed by atoms with Gasteiger partial charge in [-0.3, -0.25) is 10.1 Å². The van der Waals surface area contributed by atoms with Gasteiger partial charge in [0.2, 0.25) is 5.89 Å². The van der Waals surface area contributed by atoms with E-state index in [0.717, 1.165) is 16.7 Å². The summed E-state index contributed by atoms with van der Waals surface area (Å²) < 4.78 is 11.0. The fourth-order valence-electron chi connectivity index (χ4n) is 2.46. The van der Waals surface area contributed by atoms with Gasteiger partial charge in [0, 0.05) is 16.7 Å². The standard InChI is InChI=1S/C18H15ClN2O4/c1-11-3-5-15(12(2)7-11)18-20-14(10-25-18)9-24-17-6-4-13(19)8-16(17)21(22)23/h3-8,10H,9H2,1-2H3. The van der Waals surface area contributed by atoms with Crippen molar-refractivity contribution in [1.82, 2.24) is 4.98 Å². The number of oxazole rings is 1. The summed E-state index contributed by atoms with van der Waals surface area (Å²) in [6.07, 6.45) is 1.48. The lowest BCUT2D eigenvalue weighted by atomic mass is 10.1. The Morgan fingerprint density at radius 1 is 1.24 bits per heavy atom. The van der Waals surface area contributed by atoms with Crippen molar-refractivity contribution in [3.05, 3.63) is 74.6 Å². The fourth-order valence-corrected chi connectivity index (χ4v) is 2.62. The summed E-state index contributed by atoms with van der Waals surface area (Å²) in [6, 6.07) is 10.2. The molecular weight excluding hydrogens is 344 g/mol. The third kappa shape index (κ3) is 3.80. The molecule has 0 aliphatic carbocycles. The second-order valence-corrected chi connectivity index (χ2v) is 6.06. The molecule has 3 rings (SSSR count). The fraction of sp³-hybridized carbons (Fsp3) is 0.167. The van der Waals surface area contributed by atoms with E-state index in [0.29, 0.717) is 11.6 Å². The molecule has 0 radical (unpaired) electrons. The molecule has 0 saturated carbocycles. The molecule has 0 unspecified atom stereocenters. The Kier molecular flexibility index (Phi) is 4.72. The van der Waals surface area contributed by atoms with E-state index in [1.54, 1.807) is 0 Å². The van der Waals surface area contributed by atoms with Crippen LogP contribution in [0.15, 0.2) is 47.1 Å². The quantitative estimate of drug-likeness (QED) is 0.468. The van der Waals surface area contributed by atoms with Crippen LogP contribution < -0.4 is 4.74 Å². The Hall–Kier alpha value is -2.86. The van der Waals surface area contributed by atoms with Crippen LogP contribution in [0.1, 0.15) is 16.8 Å². The molecule has 0 aliphatic rings. The molecule has 2 aromatic carbocycles. The number of aryl methyl sites for hydroxylation is 2. The van der Waals surface area contributed by atoms with Gasteiger partial charge in [0.05, 0.1) is 4.92 Å². The van der Waals surface area contributed by atoms with E-state index in [9.17, 15) is 10.1 Å². The van der Waals surface area contributed by atoms with Crippen LogP contribution in [0.2, 0.25) is 5.02 Å². The minimum atomic E-state index is -0.537. The van der Waals surface area contributed by atoms with Crippen LogP contribution in [-0.4, -0.2) is 9.91 Å². The van der Waals surface area contributed by atoms with Crippen molar-refractivity contribution in [2.45, 2.75) is 20.5 Å². The molecule has 0 amide bonds. The summed E-state index contributed by atoms with van der Waals surface area (Å²) in [5.41, 5.74) is 3.47. The van der Waals surface area contributed by atoms with Gasteiger partial charge in [-0.2, -0.15) is 0 Å². The third-order valence-electron chi connectivity index (χ3n) is 3.66. The van der Waals surface area contributed by atoms with Crippen LogP contribution in [0.3, 0.4) is 0 Å². The smallest absolute Gasteiger partial charge is 0.312 e. The SMILES string of the molecule is Cc1ccc(-c2nc(COc3ccc(Cl)cc3[N+](=O)[O-])co2)c(C)c1. The maximum Gasteiger partial charge on any atom is 0.312 e. The van der Waals surface area contributed by atoms with Crippen LogP contribution in [0, 0.1) is 24.0 Å². The maximum atomic E-state index is 11.1. The molecule has 6 nitrogen and oxygen atoms in total. The summed E-state index contributed by atoms with van der Waals surface area (Å²) in [5.74, 6) is 0.618. The molecule has 0 bridgehead atoms. The van der Waals surface area contributed by atoms with Gasteiger partial charge in [-0.25, -0.2) is 4.98 Å². The average Bonchev–Trinajstić information content (AvgIpc) is 3.02. The molecule has 0 atom stereocenters. The van der Waals surface area contributed by atoms with Gasteiger partial charge in [0.25, 0.3) is 0 Å². The number of nitro groups is 1. The summed E-state index contributed by atoms with van der Waals surface area (Å²) in [7, 11) is 0. The highest BCUT2D eigenvalue weighted by atomic mass is 35.5. The summed E-state index contributed by atoms with van der Waals surface area (Å²) in [5, 5.41) is 11.3. The van der Waals surface area contributed by atoms with Crippen LogP contribution >= 0.6 is 11.6 Å². The van der Waals surface area contributed by atoms with Crippen LogP contribution in [-0.2, 0) is 6.61 Å². The number of nitrogens with zero attached hydrogens (tertiary/aromatic N) is 2. The van der Waals surface area contributed by atoms with Crippen molar-refractivity contribution < 1.29 is 14.1 Å². The van der Waals surface area contributed by atoms with Crippen molar-refractivity contribution in [2.24, 2.45) is 0 Å². The first-order valence-corrected chi connectivity index (χ1v) is 7.90. The van der Waals surface area contributed by atoms with E-state index in [1.807, 2.05) is 32.0 Å². The van der Waals surface area contributed by atoms with E-state index in [4.69, 9.17) is 20.8 Å². The van der Waals surface area contributed by atoms with E-state index in [-0.39, 0.29) is 23.1 Å². The van der Waals surface area contributed by atoms with Crippen molar-refractivity contribution in [3.63, 3.8) is 0 Å². The largest absolute Gasteiger partial charge is 0.480 e. The number of ether oxygens (including phenoxy) is 1. The Balaban J connectivity index is 1.78. The number of rotatable bonds is 5. The van der Waals surface area contributed by atoms with Crippen LogP contribution in [0.5, 0.6) is 5.75 Å². The normalized spacial score (nSPS) is 10.7. The summed E-state index contributed by atoms with van der Waals surface area (Å²) >= 11 is 5.79. The molecule has 3 aromatic rings. The zero-order chi connectivity index (χ0) is 18.0. The number of hydrogen-bond donors (Lipinski definition) is 0. The van der Waals surface area contributed by atoms with E-state index in [2.05, 4.69) is 4.98 Å². The van der Waals surface area contributed by atoms with Gasteiger partial charge in [-0.05, 0) is 37.6 Å². The van der Waals surface area contributed by atoms with Crippen LogP contribution in [0.25, 0.3) is 11.5 Å². The first kappa shape index (κ1) is 17.0. The maximum absolute atomic E-state index is 11.1. The van der Waals surface area contributed by atoms with Gasteiger partial charge in [0.15, 0.2) is 5.75 Å². The number of aromatic nitrogens is 1. The number of benzene rings is 2. The predicted molar refractivity (Wildman–Crippen MR) is 93.9 cm³/mol. The molecule has 1 aromatic heterocycles. The molecule has 25 heavy (non-hydrogen) atoms. The topological polar surface area (TPSA) is 78.4 Å². The van der Waals surface area contributed by atoms with E-state index in [1.165, 1.54) is 24.5 Å². The Bertz CT molecular complexity index is 937. The van der Waals surface area contributed by atoms with Crippen LogP contribution in [0.4, 0.5) is 5.69 Å². The average molecular weight is 359 g/mol. The Labute approximate surface area is 149 Å². The highest BCUT2D eigenvalue weighted by Gasteiger charge is 2.17. The van der Waals surface area contributed by atoms with Gasteiger partial charge in [-0.15, -0.1) is 0 Å². The first-order valence-electron chi connectivity index (χ1n) is 7.53. The molecule has 0 spiro atoms. The lowest BCUT2D eigenvalue weighted by Crippen LogP contribution is -1.99. The minimum absolute atomic E-state index is 0.0525. The van der Waals surface area contributed by atoms with Crippen molar-refractivity contribution >= 4 is 17.3 Å². The monoisotopic (exact) mass is 358 g/mol. The second-order valence-electron chi connectivity index (χ2n) is 5.62. The molecule has 7 heteroatoms. The molecule has 0 fully saturated rings. The lowest BCUT2D eigenvalue weighted by molar-refractivity contribution is -0.385. The molecule has 1 heterocycles. The van der Waals surface area contributed by atoms with Crippen molar-refractivity contribution in [1.29, 1.82) is 0 Å². The molecule has 0 saturated heterocycles. The molecule has 128 valence electrons. The minimum Gasteiger partial charge on any atom is -0.480 e. The summed E-state index contributed by atoms with van der Waals surface area (Å²) in [4.78, 5) is 14.9. The van der Waals surface area contributed by atoms with E-state index >= 15 is 0 Å². The predicted octanol–water partition coefficient (Wildman–Crippen LogP) is 5.10. The lowest BCUT2D eigenvalue weighted by Gasteiger charge is -2.05. The van der Waals surface area contributed by atoms with Crippen molar-refractivity contribution in [3.8, 4) is 17.2 Å². The Morgan fingerprint density at radius 3 is 2.76 bits per heavy atom. The molecule has 0 aliphatic heterocycles. The van der Waals surface area contributed by atoms with Gasteiger partial charge in [-0.1, -0.05) is 29.3 Å². The van der Waals surface area contributed by atoms with Gasteiger partial charge < -0.3 is 9.15 Å². The van der Waals surface area contributed by atoms with E-state index < -0.39 is 4.92 Å². The summed E-state index contributed by atoms with van der Waals surface area (Å²) in [6.45, 7) is 4.06. The Morgan fingerprint density at radius 2 is 2.04 bits per heavy atom. The zero-order valence-electron chi connectivity index (χ0n) is 13.7. The number of hydrogen-bond acceptors (Lipinski definition) is 5. The second kappa shape index (κ2) is 6.94. The van der Waals surface area contributed by atoms with Gasteiger partial charge >= 0.3 is 5.69 Å². The zero-order valence-corrected chi connectivity index (χ0v) is 14.4. The highest BCUT2D eigenvalue weighted by Crippen LogP contribution is 2.31. The molecule has 0 N–H and O–H groups in total. The van der Waals surface area contributed by atoms with Crippen molar-refractivity contribution in [2.75, 3.05) is 0 Å². The molecular formula is C18H15ClN2O4. The highest BCUT2D eigenvalue weighted by molar-refractivity contribution is 6.30. The number of nitro benzene ring substituents is 1. The number of halogens is 1.